The number of hydrogen-bond acceptors (Lipinski definition) is 30. The average Bonchev–Trinajstić information content (AvgIpc) is 4.38. The van der Waals surface area contributed by atoms with Gasteiger partial charge < -0.3 is 72.3 Å². The summed E-state index contributed by atoms with van der Waals surface area (Å²) in [4.78, 5) is 63.9. The van der Waals surface area contributed by atoms with Crippen LogP contribution in [0.3, 0.4) is 0 Å². The molecule has 41 heteroatoms. The molecule has 18 N–H and O–H groups in total. The normalized spacial score (nSPS) is 8.67. The van der Waals surface area contributed by atoms with Gasteiger partial charge >= 0.3 is 16.8 Å². The van der Waals surface area contributed by atoms with Gasteiger partial charge in [0.25, 0.3) is 47.1 Å². The molecule has 431 valence electrons. The number of aromatic nitrogens is 24. The summed E-state index contributed by atoms with van der Waals surface area (Å²) in [5.74, 6) is 2.44. The fraction of sp³-hybridized carbons (Fsp3) is 0. The van der Waals surface area contributed by atoms with Gasteiger partial charge in [0.1, 0.15) is 45.6 Å². The predicted molar refractivity (Wildman–Crippen MR) is 289 cm³/mol. The van der Waals surface area contributed by atoms with Gasteiger partial charge in [-0.25, -0.2) is 39.9 Å². The predicted octanol–water partition coefficient (Wildman–Crippen LogP) is -1.54. The van der Waals surface area contributed by atoms with Gasteiger partial charge in [-0.2, -0.15) is 10.3 Å². The summed E-state index contributed by atoms with van der Waals surface area (Å²) in [6.07, 6.45) is 37.4. The van der Waals surface area contributed by atoms with Gasteiger partial charge in [-0.3, -0.25) is 39.9 Å². The molecule has 12 rings (SSSR count). The van der Waals surface area contributed by atoms with Crippen LogP contribution in [0.5, 0.6) is 0 Å². The van der Waals surface area contributed by atoms with Crippen molar-refractivity contribution in [3.8, 4) is 92.7 Å². The first-order valence-electron chi connectivity index (χ1n) is 20.0. The Balaban J connectivity index is -0.000000961. The van der Waals surface area contributed by atoms with E-state index >= 15 is 0 Å². The van der Waals surface area contributed by atoms with E-state index in [1.807, 2.05) is 0 Å². The zero-order valence-electron chi connectivity index (χ0n) is 41.4. The molecule has 12 heterocycles. The molecule has 0 aliphatic rings. The van der Waals surface area contributed by atoms with Crippen molar-refractivity contribution >= 4 is 34.8 Å². The van der Waals surface area contributed by atoms with E-state index in [1.165, 1.54) is 10.3 Å². The maximum Gasteiger partial charge on any atom is 2.00 e. The SMILES string of the molecule is O.O.O.O.O.O.[Co+2].[N-]=C=S.[N-]=C=S.[OH3+].[OH3+].c1cnc(-c2nnc(-c3cnccn3)o2)cn1.c1cnc(-c2nnc(-c3cnccn3)o2)cn1.c1cnc(-c2nnc(-c3cnccn3)o2)cn1.c1cnc(-c2nnc(-c3cnccn3)o2)cn1. The Bertz CT molecular complexity index is 2920. The van der Waals surface area contributed by atoms with Crippen molar-refractivity contribution in [2.75, 3.05) is 0 Å². The molecular weight excluding hydrogens is 1180 g/mol. The first-order chi connectivity index (χ1) is 36.6. The third-order valence-electron chi connectivity index (χ3n) is 7.96. The van der Waals surface area contributed by atoms with Crippen LogP contribution in [0.2, 0.25) is 0 Å². The van der Waals surface area contributed by atoms with E-state index in [9.17, 15) is 0 Å². The maximum atomic E-state index is 7.13. The number of hydrogen-bond donors (Lipinski definition) is 0. The van der Waals surface area contributed by atoms with Crippen molar-refractivity contribution in [1.29, 1.82) is 0 Å². The van der Waals surface area contributed by atoms with Crippen LogP contribution in [0.25, 0.3) is 103 Å². The van der Waals surface area contributed by atoms with Crippen LogP contribution in [-0.4, -0.2) is 164 Å². The smallest absolute Gasteiger partial charge is 0.753 e. The largest absolute Gasteiger partial charge is 2.00 e. The fourth-order valence-corrected chi connectivity index (χ4v) is 5.00. The zero-order valence-corrected chi connectivity index (χ0v) is 44.1. The van der Waals surface area contributed by atoms with Crippen molar-refractivity contribution in [2.24, 2.45) is 0 Å². The molecule has 12 aromatic rings. The molecular formula is C42H42CoN26O12S2+2. The molecule has 0 atom stereocenters. The molecule has 0 bridgehead atoms. The number of rotatable bonds is 8. The van der Waals surface area contributed by atoms with E-state index in [4.69, 9.17) is 28.5 Å². The minimum atomic E-state index is 0. The molecule has 0 fully saturated rings. The topological polar surface area (TPSA) is 662 Å². The third kappa shape index (κ3) is 23.1. The first-order valence-corrected chi connectivity index (χ1v) is 20.9. The standard InChI is InChI=1S/4C10H6N6O.2CNS.Co.8H2O/c4*1-3-13-7(5-11-1)9-15-16-10(17-9)8-6-12-2-4-14-8;2*2-1-3;;;;;;;;;/h4*1-6H;;;;8*1H2/q;;;;2*-1;+2;;;;;;;;/p+2. The van der Waals surface area contributed by atoms with Crippen LogP contribution in [0.4, 0.5) is 0 Å². The molecule has 0 aliphatic heterocycles. The zero-order chi connectivity index (χ0) is 51.4. The average molecular weight is 1230 g/mol. The number of nitrogens with zero attached hydrogens (tertiary/aromatic N) is 26. The molecule has 1 radical (unpaired) electrons. The molecule has 0 spiro atoms. The van der Waals surface area contributed by atoms with E-state index in [1.54, 1.807) is 149 Å². The molecule has 12 aromatic heterocycles. The number of thiocarbonyl (C=S) groups is 2. The van der Waals surface area contributed by atoms with Gasteiger partial charge in [-0.05, 0) is 0 Å². The van der Waals surface area contributed by atoms with E-state index in [2.05, 4.69) is 145 Å². The van der Waals surface area contributed by atoms with Crippen LogP contribution >= 0.6 is 24.4 Å². The van der Waals surface area contributed by atoms with Crippen molar-refractivity contribution < 1.29 is 78.3 Å². The molecule has 83 heavy (non-hydrogen) atoms. The molecule has 38 nitrogen and oxygen atoms in total. The van der Waals surface area contributed by atoms with Crippen molar-refractivity contribution in [1.82, 2.24) is 121 Å². The second-order valence-corrected chi connectivity index (χ2v) is 12.9. The minimum absolute atomic E-state index is 0. The molecule has 0 saturated carbocycles. The summed E-state index contributed by atoms with van der Waals surface area (Å²) in [6.45, 7) is 0. The Hall–Kier alpha value is -11.0. The van der Waals surface area contributed by atoms with E-state index in [0.29, 0.717) is 92.7 Å². The van der Waals surface area contributed by atoms with E-state index in [0.717, 1.165) is 0 Å². The van der Waals surface area contributed by atoms with E-state index in [-0.39, 0.29) is 60.6 Å². The van der Waals surface area contributed by atoms with Crippen LogP contribution in [0, 0.1) is 0 Å². The Kier molecular flexibility index (Phi) is 38.6. The molecule has 0 unspecified atom stereocenters. The molecule has 0 aliphatic carbocycles. The molecule has 0 amide bonds. The van der Waals surface area contributed by atoms with E-state index < -0.39 is 0 Å². The van der Waals surface area contributed by atoms with Crippen molar-refractivity contribution in [2.45, 2.75) is 0 Å². The van der Waals surface area contributed by atoms with Crippen molar-refractivity contribution in [3.05, 3.63) is 160 Å². The third-order valence-corrected chi connectivity index (χ3v) is 7.96. The molecule has 0 saturated heterocycles. The summed E-state index contributed by atoms with van der Waals surface area (Å²) < 4.78 is 21.7. The van der Waals surface area contributed by atoms with Crippen LogP contribution in [-0.2, 0) is 27.7 Å². The second kappa shape index (κ2) is 42.0. The number of isothiocyanates is 2. The maximum absolute atomic E-state index is 7.13. The Morgan fingerprint density at radius 2 is 0.361 bits per heavy atom. The van der Waals surface area contributed by atoms with Gasteiger partial charge in [0.05, 0.1) is 49.6 Å². The second-order valence-electron chi connectivity index (χ2n) is 12.6. The molecule has 0 aromatic carbocycles. The Labute approximate surface area is 483 Å². The summed E-state index contributed by atoms with van der Waals surface area (Å²) in [6, 6.07) is 0. The van der Waals surface area contributed by atoms with Gasteiger partial charge in [0.15, 0.2) is 0 Å². The van der Waals surface area contributed by atoms with Gasteiger partial charge in [0.2, 0.25) is 0 Å². The minimum Gasteiger partial charge on any atom is -0.753 e. The van der Waals surface area contributed by atoms with Crippen LogP contribution < -0.4 is 0 Å². The monoisotopic (exact) mass is 1230 g/mol. The van der Waals surface area contributed by atoms with Gasteiger partial charge in [-0.1, -0.05) is 24.4 Å². The van der Waals surface area contributed by atoms with Gasteiger partial charge in [-0.15, -0.1) is 40.8 Å². The van der Waals surface area contributed by atoms with Gasteiger partial charge in [0, 0.05) is 99.1 Å². The fourth-order valence-electron chi connectivity index (χ4n) is 5.00. The Morgan fingerprint density at radius 3 is 0.446 bits per heavy atom. The Morgan fingerprint density at radius 1 is 0.253 bits per heavy atom. The summed E-state index contributed by atoms with van der Waals surface area (Å²) in [5.41, 5.74) is 4.19. The summed E-state index contributed by atoms with van der Waals surface area (Å²) in [5, 5.41) is 47.9. The quantitative estimate of drug-likeness (QED) is 0.0945. The summed E-state index contributed by atoms with van der Waals surface area (Å²) in [7, 11) is 0. The van der Waals surface area contributed by atoms with Crippen LogP contribution in [0.1, 0.15) is 0 Å². The van der Waals surface area contributed by atoms with Crippen LogP contribution in [0.15, 0.2) is 166 Å². The van der Waals surface area contributed by atoms with Crippen molar-refractivity contribution in [3.63, 3.8) is 0 Å². The summed E-state index contributed by atoms with van der Waals surface area (Å²) >= 11 is 7.40. The first kappa shape index (κ1) is 76.2.